The van der Waals surface area contributed by atoms with Gasteiger partial charge in [-0.1, -0.05) is 0 Å². The monoisotopic (exact) mass is 528 g/mol. The topological polar surface area (TPSA) is 72.8 Å². The van der Waals surface area contributed by atoms with E-state index in [4.69, 9.17) is 0 Å². The van der Waals surface area contributed by atoms with Gasteiger partial charge < -0.3 is 0 Å². The zero-order valence-corrected chi connectivity index (χ0v) is 17.0. The van der Waals surface area contributed by atoms with Gasteiger partial charge in [0.15, 0.2) is 0 Å². The summed E-state index contributed by atoms with van der Waals surface area (Å²) in [6.45, 7) is 0.602. The van der Waals surface area contributed by atoms with Crippen molar-refractivity contribution in [3.63, 3.8) is 0 Å². The summed E-state index contributed by atoms with van der Waals surface area (Å²) < 4.78 is 70.8. The van der Waals surface area contributed by atoms with Crippen LogP contribution < -0.4 is 10.3 Å². The predicted molar refractivity (Wildman–Crippen MR) is 102 cm³/mol. The molecule has 6 nitrogen and oxygen atoms in total. The molecule has 29 heavy (non-hydrogen) atoms. The van der Waals surface area contributed by atoms with Crippen molar-refractivity contribution in [2.24, 2.45) is 0 Å². The first-order chi connectivity index (χ1) is 13.7. The summed E-state index contributed by atoms with van der Waals surface area (Å²) in [5.41, 5.74) is -0.362. The molecule has 1 fully saturated rings. The van der Waals surface area contributed by atoms with E-state index in [9.17, 15) is 26.7 Å². The molecule has 3 aromatic rings. The van der Waals surface area contributed by atoms with Gasteiger partial charge in [-0.3, -0.25) is 0 Å². The van der Waals surface area contributed by atoms with Gasteiger partial charge >= 0.3 is 168 Å². The first-order valence-electron chi connectivity index (χ1n) is 8.46. The number of alkyl halides is 5. The molecule has 1 aromatic carbocycles. The molecular weight excluding hydrogens is 514 g/mol. The first-order valence-corrected chi connectivity index (χ1v) is 11.8. The van der Waals surface area contributed by atoms with E-state index in [2.05, 4.69) is 19.8 Å². The maximum absolute atomic E-state index is 14.3. The number of ether oxygens (including phenoxy) is 1. The third kappa shape index (κ3) is 3.94. The summed E-state index contributed by atoms with van der Waals surface area (Å²) >= 11 is -2.58. The first kappa shape index (κ1) is 20.0. The molecule has 0 bridgehead atoms. The van der Waals surface area contributed by atoms with E-state index in [1.807, 2.05) is 0 Å². The number of nitrogens with one attached hydrogen (secondary N) is 1. The SMILES string of the molecule is Cc1nc2c(c(CF)nn2I(c2ccc(OC(F)(F)F)c(F)c2)C2CC2)c(=O)[nH]1. The molecule has 2 aromatic heterocycles. The zero-order valence-electron chi connectivity index (χ0n) is 14.9. The van der Waals surface area contributed by atoms with Crippen LogP contribution in [0.15, 0.2) is 23.0 Å². The number of hydrogen-bond donors (Lipinski definition) is 1. The van der Waals surface area contributed by atoms with E-state index in [1.165, 1.54) is 8.96 Å². The Morgan fingerprint density at radius 2 is 2.07 bits per heavy atom. The van der Waals surface area contributed by atoms with Crippen LogP contribution in [-0.4, -0.2) is 28.2 Å². The predicted octanol–water partition coefficient (Wildman–Crippen LogP) is 4.24. The van der Waals surface area contributed by atoms with Crippen molar-refractivity contribution < 1.29 is 26.7 Å². The fourth-order valence-electron chi connectivity index (χ4n) is 2.86. The number of benzene rings is 1. The number of H-pyrrole nitrogens is 1. The Morgan fingerprint density at radius 1 is 1.34 bits per heavy atom. The number of rotatable bonds is 5. The quantitative estimate of drug-likeness (QED) is 0.306. The summed E-state index contributed by atoms with van der Waals surface area (Å²) in [7, 11) is 0. The standard InChI is InChI=1S/C17H14F5IN4O2/c1-8-24-15-14(16(28)25-8)12(7-18)26-27(15)23(9-2-3-9)10-4-5-13(11(19)6-10)29-17(20,21)22/h4-6,9H,2-3,7H2,1H3,(H,24,25,28). The third-order valence-corrected chi connectivity index (χ3v) is 10.7. The van der Waals surface area contributed by atoms with Crippen molar-refractivity contribution in [1.82, 2.24) is 18.0 Å². The number of nitrogens with zero attached hydrogens (tertiary/aromatic N) is 3. The minimum absolute atomic E-state index is 0.0403. The van der Waals surface area contributed by atoms with Crippen LogP contribution in [-0.2, 0) is 6.67 Å². The molecule has 0 amide bonds. The molecule has 1 N–H and O–H groups in total. The van der Waals surface area contributed by atoms with E-state index in [0.717, 1.165) is 25.0 Å². The Kier molecular flexibility index (Phi) is 4.99. The molecule has 12 heteroatoms. The van der Waals surface area contributed by atoms with Crippen molar-refractivity contribution in [3.8, 4) is 5.75 Å². The van der Waals surface area contributed by atoms with Crippen molar-refractivity contribution in [2.75, 3.05) is 0 Å². The molecule has 0 saturated heterocycles. The summed E-state index contributed by atoms with van der Waals surface area (Å²) in [6, 6.07) is 3.31. The average molecular weight is 528 g/mol. The number of halogens is 6. The Labute approximate surface area is 167 Å². The van der Waals surface area contributed by atoms with E-state index in [0.29, 0.717) is 9.39 Å². The second-order valence-electron chi connectivity index (χ2n) is 6.38. The molecule has 0 spiro atoms. The Bertz CT molecular complexity index is 1140. The summed E-state index contributed by atoms with van der Waals surface area (Å²) in [5.74, 6) is -1.75. The maximum atomic E-state index is 14.3. The van der Waals surface area contributed by atoms with Gasteiger partial charge in [0, 0.05) is 0 Å². The molecule has 0 aliphatic heterocycles. The Balaban J connectivity index is 1.84. The molecule has 1 saturated carbocycles. The van der Waals surface area contributed by atoms with E-state index in [1.54, 1.807) is 6.92 Å². The number of fused-ring (bicyclic) bond motifs is 1. The van der Waals surface area contributed by atoms with Crippen LogP contribution in [0, 0.1) is 16.3 Å². The molecule has 0 unspecified atom stereocenters. The van der Waals surface area contributed by atoms with Gasteiger partial charge in [-0.15, -0.1) is 0 Å². The van der Waals surface area contributed by atoms with Gasteiger partial charge in [-0.2, -0.15) is 0 Å². The molecular formula is C17H14F5IN4O2. The average Bonchev–Trinajstić information content (AvgIpc) is 3.38. The van der Waals surface area contributed by atoms with Gasteiger partial charge in [-0.05, 0) is 0 Å². The Hall–Kier alpha value is -2.25. The molecule has 2 heterocycles. The zero-order chi connectivity index (χ0) is 20.9. The molecule has 1 aliphatic carbocycles. The normalized spacial score (nSPS) is 15.0. The second kappa shape index (κ2) is 7.22. The third-order valence-electron chi connectivity index (χ3n) is 4.13. The number of aryl methyl sites for hydroxylation is 1. The van der Waals surface area contributed by atoms with Crippen LogP contribution in [0.2, 0.25) is 0 Å². The van der Waals surface area contributed by atoms with E-state index >= 15 is 0 Å². The van der Waals surface area contributed by atoms with Crippen molar-refractivity contribution in [1.29, 1.82) is 0 Å². The van der Waals surface area contributed by atoms with Crippen LogP contribution in [0.4, 0.5) is 22.0 Å². The molecule has 156 valence electrons. The van der Waals surface area contributed by atoms with Crippen LogP contribution in [0.3, 0.4) is 0 Å². The number of aromatic amines is 1. The van der Waals surface area contributed by atoms with Gasteiger partial charge in [0.05, 0.1) is 0 Å². The molecule has 0 radical (unpaired) electrons. The summed E-state index contributed by atoms with van der Waals surface area (Å²) in [6.07, 6.45) is -3.34. The van der Waals surface area contributed by atoms with Crippen molar-refractivity contribution in [3.05, 3.63) is 49.5 Å². The summed E-state index contributed by atoms with van der Waals surface area (Å²) in [5, 5.41) is 4.29. The van der Waals surface area contributed by atoms with E-state index in [-0.39, 0.29) is 20.7 Å². The van der Waals surface area contributed by atoms with Crippen molar-refractivity contribution >= 4 is 31.1 Å². The fraction of sp³-hybridized carbons (Fsp3) is 0.353. The fourth-order valence-corrected chi connectivity index (χ4v) is 9.17. The van der Waals surface area contributed by atoms with Crippen molar-refractivity contribution in [2.45, 2.75) is 36.7 Å². The molecule has 0 atom stereocenters. The van der Waals surface area contributed by atoms with Gasteiger partial charge in [0.2, 0.25) is 0 Å². The van der Waals surface area contributed by atoms with Gasteiger partial charge in [0.25, 0.3) is 0 Å². The van der Waals surface area contributed by atoms with Crippen LogP contribution in [0.25, 0.3) is 11.0 Å². The number of aromatic nitrogens is 4. The van der Waals surface area contributed by atoms with Crippen LogP contribution >= 0.6 is 20.1 Å². The molecule has 1 aliphatic rings. The summed E-state index contributed by atoms with van der Waals surface area (Å²) in [4.78, 5) is 19.1. The van der Waals surface area contributed by atoms with Crippen LogP contribution in [0.1, 0.15) is 24.4 Å². The number of hydrogen-bond acceptors (Lipinski definition) is 4. The second-order valence-corrected chi connectivity index (χ2v) is 12.0. The molecule has 4 rings (SSSR count). The minimum atomic E-state index is -5.01. The van der Waals surface area contributed by atoms with E-state index < -0.39 is 50.3 Å². The van der Waals surface area contributed by atoms with Gasteiger partial charge in [-0.25, -0.2) is 0 Å². The Morgan fingerprint density at radius 3 is 2.66 bits per heavy atom. The van der Waals surface area contributed by atoms with Gasteiger partial charge in [0.1, 0.15) is 0 Å². The van der Waals surface area contributed by atoms with Crippen LogP contribution in [0.5, 0.6) is 5.75 Å².